The van der Waals surface area contributed by atoms with Gasteiger partial charge in [0.25, 0.3) is 5.91 Å². The van der Waals surface area contributed by atoms with Crippen molar-refractivity contribution < 1.29 is 19.1 Å². The molecule has 2 heterocycles. The van der Waals surface area contributed by atoms with Gasteiger partial charge in [-0.1, -0.05) is 30.3 Å². The van der Waals surface area contributed by atoms with E-state index in [0.717, 1.165) is 18.4 Å². The van der Waals surface area contributed by atoms with Crippen molar-refractivity contribution in [3.63, 3.8) is 0 Å². The Kier molecular flexibility index (Phi) is 7.89. The number of methoxy groups -OCH3 is 1. The first-order valence-corrected chi connectivity index (χ1v) is 10.5. The molecule has 1 atom stereocenters. The monoisotopic (exact) mass is 443 g/mol. The van der Waals surface area contributed by atoms with E-state index in [9.17, 15) is 9.59 Å². The topological polar surface area (TPSA) is 80.8 Å². The number of ether oxygens (including phenoxy) is 2. The molecule has 1 aliphatic rings. The third kappa shape index (κ3) is 5.98. The summed E-state index contributed by atoms with van der Waals surface area (Å²) in [4.78, 5) is 31.8. The van der Waals surface area contributed by atoms with Crippen LogP contribution in [0.2, 0.25) is 0 Å². The number of halogens is 1. The molecule has 0 unspecified atom stereocenters. The summed E-state index contributed by atoms with van der Waals surface area (Å²) in [6, 6.07) is 9.96. The van der Waals surface area contributed by atoms with E-state index in [0.29, 0.717) is 35.2 Å². The lowest BCUT2D eigenvalue weighted by Crippen LogP contribution is -2.48. The molecule has 7 nitrogen and oxygen atoms in total. The highest BCUT2D eigenvalue weighted by molar-refractivity contribution is 6.29. The van der Waals surface area contributed by atoms with Gasteiger partial charge in [0.05, 0.1) is 7.11 Å². The molecule has 164 valence electrons. The third-order valence-electron chi connectivity index (χ3n) is 4.99. The quantitative estimate of drug-likeness (QED) is 0.675. The van der Waals surface area contributed by atoms with Gasteiger partial charge in [0.2, 0.25) is 5.91 Å². The predicted octanol–water partition coefficient (Wildman–Crippen LogP) is 3.53. The van der Waals surface area contributed by atoms with Crippen LogP contribution in [0.5, 0.6) is 11.5 Å². The maximum absolute atomic E-state index is 13.3. The Labute approximate surface area is 187 Å². The predicted molar refractivity (Wildman–Crippen MR) is 118 cm³/mol. The first kappa shape index (κ1) is 22.6. The number of hydrogen-bond donors (Lipinski definition) is 1. The van der Waals surface area contributed by atoms with Crippen LogP contribution in [0.4, 0.5) is 0 Å². The van der Waals surface area contributed by atoms with Crippen LogP contribution in [0, 0.1) is 0 Å². The molecule has 2 amide bonds. The fourth-order valence-corrected chi connectivity index (χ4v) is 3.52. The summed E-state index contributed by atoms with van der Waals surface area (Å²) in [5, 5.41) is 3.26. The van der Waals surface area contributed by atoms with E-state index in [-0.39, 0.29) is 25.0 Å². The van der Waals surface area contributed by atoms with E-state index in [4.69, 9.17) is 21.1 Å². The molecule has 0 spiro atoms. The first-order valence-electron chi connectivity index (χ1n) is 10.1. The Morgan fingerprint density at radius 1 is 1.29 bits per heavy atom. The summed E-state index contributed by atoms with van der Waals surface area (Å²) in [6.45, 7) is 4.59. The van der Waals surface area contributed by atoms with Gasteiger partial charge in [0, 0.05) is 24.3 Å². The molecule has 1 aromatic heterocycles. The molecular formula is C23H26ClN3O4. The van der Waals surface area contributed by atoms with Gasteiger partial charge in [0.1, 0.15) is 18.3 Å². The number of carbonyl (C=O) groups is 2. The maximum atomic E-state index is 13.3. The molecular weight excluding hydrogens is 418 g/mol. The molecule has 1 N–H and O–H groups in total. The molecule has 3 rings (SSSR count). The molecule has 0 saturated carbocycles. The van der Waals surface area contributed by atoms with E-state index >= 15 is 0 Å². The standard InChI is InChI=1S/C23H26ClN3O4/c1-16(24)15-31-21-13-17(9-10-20(21)30-2)14-27(19-8-4-6-12-26-22(19)28)23(29)18-7-3-5-11-25-18/h3,5,7,9-11,13,19H,1,4,6,8,12,14-15H2,2H3,(H,26,28)/t19-/m0/s1. The zero-order chi connectivity index (χ0) is 22.2. The van der Waals surface area contributed by atoms with E-state index in [2.05, 4.69) is 16.9 Å². The molecule has 1 aromatic carbocycles. The molecule has 1 aliphatic heterocycles. The van der Waals surface area contributed by atoms with Gasteiger partial charge in [-0.15, -0.1) is 0 Å². The number of nitrogens with zero attached hydrogens (tertiary/aromatic N) is 2. The number of benzene rings is 1. The highest BCUT2D eigenvalue weighted by Gasteiger charge is 2.32. The fourth-order valence-electron chi connectivity index (χ4n) is 3.47. The zero-order valence-corrected chi connectivity index (χ0v) is 18.2. The number of rotatable bonds is 8. The molecule has 31 heavy (non-hydrogen) atoms. The van der Waals surface area contributed by atoms with Crippen LogP contribution in [0.1, 0.15) is 35.3 Å². The highest BCUT2D eigenvalue weighted by Crippen LogP contribution is 2.30. The molecule has 1 saturated heterocycles. The van der Waals surface area contributed by atoms with Crippen molar-refractivity contribution in [3.8, 4) is 11.5 Å². The van der Waals surface area contributed by atoms with Crippen LogP contribution in [-0.4, -0.2) is 48.0 Å². The van der Waals surface area contributed by atoms with E-state index < -0.39 is 6.04 Å². The summed E-state index contributed by atoms with van der Waals surface area (Å²) < 4.78 is 11.0. The average Bonchev–Trinajstić information content (AvgIpc) is 3.00. The summed E-state index contributed by atoms with van der Waals surface area (Å²) in [5.41, 5.74) is 1.08. The third-order valence-corrected chi connectivity index (χ3v) is 5.10. The fraction of sp³-hybridized carbons (Fsp3) is 0.348. The van der Waals surface area contributed by atoms with Crippen molar-refractivity contribution in [2.45, 2.75) is 31.8 Å². The number of aromatic nitrogens is 1. The summed E-state index contributed by atoms with van der Waals surface area (Å²) in [6.07, 6.45) is 3.90. The Morgan fingerprint density at radius 2 is 2.13 bits per heavy atom. The van der Waals surface area contributed by atoms with Crippen LogP contribution < -0.4 is 14.8 Å². The van der Waals surface area contributed by atoms with Crippen LogP contribution >= 0.6 is 11.6 Å². The minimum atomic E-state index is -0.578. The van der Waals surface area contributed by atoms with Crippen molar-refractivity contribution in [2.24, 2.45) is 0 Å². The Morgan fingerprint density at radius 3 is 2.84 bits per heavy atom. The van der Waals surface area contributed by atoms with E-state index in [1.54, 1.807) is 48.5 Å². The van der Waals surface area contributed by atoms with Gasteiger partial charge in [-0.25, -0.2) is 0 Å². The molecule has 2 aromatic rings. The second-order valence-corrected chi connectivity index (χ2v) is 7.78. The molecule has 0 radical (unpaired) electrons. The molecule has 0 bridgehead atoms. The largest absolute Gasteiger partial charge is 0.493 e. The van der Waals surface area contributed by atoms with Gasteiger partial charge in [-0.3, -0.25) is 14.6 Å². The van der Waals surface area contributed by atoms with Crippen molar-refractivity contribution >= 4 is 23.4 Å². The summed E-state index contributed by atoms with van der Waals surface area (Å²) in [7, 11) is 1.55. The van der Waals surface area contributed by atoms with Crippen molar-refractivity contribution in [2.75, 3.05) is 20.3 Å². The highest BCUT2D eigenvalue weighted by atomic mass is 35.5. The van der Waals surface area contributed by atoms with Gasteiger partial charge < -0.3 is 19.7 Å². The van der Waals surface area contributed by atoms with Gasteiger partial charge in [-0.2, -0.15) is 0 Å². The van der Waals surface area contributed by atoms with Gasteiger partial charge >= 0.3 is 0 Å². The summed E-state index contributed by atoms with van der Waals surface area (Å²) in [5.74, 6) is 0.578. The Hall–Kier alpha value is -3.06. The number of nitrogens with one attached hydrogen (secondary N) is 1. The maximum Gasteiger partial charge on any atom is 0.273 e. The average molecular weight is 444 g/mol. The Balaban J connectivity index is 1.92. The summed E-state index contributed by atoms with van der Waals surface area (Å²) >= 11 is 5.83. The second kappa shape index (κ2) is 10.8. The van der Waals surface area contributed by atoms with E-state index in [1.807, 2.05) is 6.07 Å². The first-order chi connectivity index (χ1) is 15.0. The number of pyridine rings is 1. The van der Waals surface area contributed by atoms with Crippen molar-refractivity contribution in [1.29, 1.82) is 0 Å². The van der Waals surface area contributed by atoms with E-state index in [1.165, 1.54) is 0 Å². The van der Waals surface area contributed by atoms with Gasteiger partial charge in [-0.05, 0) is 49.1 Å². The normalized spacial score (nSPS) is 16.1. The van der Waals surface area contributed by atoms with Crippen LogP contribution in [0.25, 0.3) is 0 Å². The van der Waals surface area contributed by atoms with Crippen LogP contribution in [-0.2, 0) is 11.3 Å². The molecule has 8 heteroatoms. The lowest BCUT2D eigenvalue weighted by molar-refractivity contribution is -0.125. The molecule has 0 aliphatic carbocycles. The van der Waals surface area contributed by atoms with Crippen molar-refractivity contribution in [3.05, 3.63) is 65.5 Å². The van der Waals surface area contributed by atoms with Crippen LogP contribution in [0.15, 0.2) is 54.2 Å². The van der Waals surface area contributed by atoms with Crippen molar-refractivity contribution in [1.82, 2.24) is 15.2 Å². The lowest BCUT2D eigenvalue weighted by atomic mass is 10.1. The SMILES string of the molecule is C=C(Cl)COc1cc(CN(C(=O)c2ccccn2)[C@H]2CCCCNC2=O)ccc1OC. The van der Waals surface area contributed by atoms with Gasteiger partial charge in [0.15, 0.2) is 11.5 Å². The van der Waals surface area contributed by atoms with Crippen LogP contribution in [0.3, 0.4) is 0 Å². The minimum Gasteiger partial charge on any atom is -0.493 e. The lowest BCUT2D eigenvalue weighted by Gasteiger charge is -2.30. The Bertz CT molecular complexity index is 936. The minimum absolute atomic E-state index is 0.128. The number of amides is 2. The molecule has 1 fully saturated rings. The zero-order valence-electron chi connectivity index (χ0n) is 17.5. The number of hydrogen-bond acceptors (Lipinski definition) is 5. The number of carbonyl (C=O) groups excluding carboxylic acids is 2. The smallest absolute Gasteiger partial charge is 0.273 e. The second-order valence-electron chi connectivity index (χ2n) is 7.24.